The van der Waals surface area contributed by atoms with Crippen molar-refractivity contribution in [2.24, 2.45) is 5.73 Å². The SMILES string of the molecule is C=C(C)CC(N)COC(C)C. The number of nitrogens with two attached hydrogens (primary N) is 1. The molecule has 0 aliphatic carbocycles. The average Bonchev–Trinajstić information content (AvgIpc) is 1.82. The Balaban J connectivity index is 3.37. The zero-order valence-corrected chi connectivity index (χ0v) is 7.76. The number of rotatable bonds is 5. The van der Waals surface area contributed by atoms with E-state index in [9.17, 15) is 0 Å². The van der Waals surface area contributed by atoms with E-state index in [0.29, 0.717) is 6.61 Å². The van der Waals surface area contributed by atoms with E-state index < -0.39 is 0 Å². The van der Waals surface area contributed by atoms with Crippen molar-refractivity contribution >= 4 is 0 Å². The summed E-state index contributed by atoms with van der Waals surface area (Å²) >= 11 is 0. The second-order valence-electron chi connectivity index (χ2n) is 3.30. The monoisotopic (exact) mass is 157 g/mol. The van der Waals surface area contributed by atoms with E-state index in [1.54, 1.807) is 0 Å². The Labute approximate surface area is 69.4 Å². The van der Waals surface area contributed by atoms with E-state index in [4.69, 9.17) is 10.5 Å². The molecule has 0 radical (unpaired) electrons. The summed E-state index contributed by atoms with van der Waals surface area (Å²) in [5.74, 6) is 0. The van der Waals surface area contributed by atoms with Crippen LogP contribution in [-0.2, 0) is 4.74 Å². The minimum Gasteiger partial charge on any atom is -0.377 e. The molecule has 0 aromatic heterocycles. The Morgan fingerprint density at radius 1 is 1.55 bits per heavy atom. The fourth-order valence-corrected chi connectivity index (χ4v) is 0.823. The third-order valence-corrected chi connectivity index (χ3v) is 1.25. The van der Waals surface area contributed by atoms with Gasteiger partial charge in [-0.15, -0.1) is 6.58 Å². The lowest BCUT2D eigenvalue weighted by atomic mass is 10.1. The van der Waals surface area contributed by atoms with Crippen LogP contribution in [0.2, 0.25) is 0 Å². The standard InChI is InChI=1S/C9H19NO/c1-7(2)5-9(10)6-11-8(3)4/h8-9H,1,5-6,10H2,2-4H3. The van der Waals surface area contributed by atoms with Gasteiger partial charge in [-0.25, -0.2) is 0 Å². The molecule has 0 bridgehead atoms. The fraction of sp³-hybridized carbons (Fsp3) is 0.778. The second-order valence-corrected chi connectivity index (χ2v) is 3.30. The number of hydrogen-bond acceptors (Lipinski definition) is 2. The molecule has 0 aromatic rings. The molecular formula is C9H19NO. The first-order valence-electron chi connectivity index (χ1n) is 4.04. The topological polar surface area (TPSA) is 35.2 Å². The Hall–Kier alpha value is -0.340. The van der Waals surface area contributed by atoms with Crippen LogP contribution in [0, 0.1) is 0 Å². The van der Waals surface area contributed by atoms with Crippen molar-refractivity contribution in [3.8, 4) is 0 Å². The van der Waals surface area contributed by atoms with Gasteiger partial charge in [-0.1, -0.05) is 5.57 Å². The Kier molecular flexibility index (Phi) is 5.16. The van der Waals surface area contributed by atoms with Gasteiger partial charge in [-0.05, 0) is 27.2 Å². The summed E-state index contributed by atoms with van der Waals surface area (Å²) in [6, 6.07) is 0.106. The van der Waals surface area contributed by atoms with Crippen molar-refractivity contribution in [3.63, 3.8) is 0 Å². The molecule has 66 valence electrons. The molecule has 0 heterocycles. The lowest BCUT2D eigenvalue weighted by Crippen LogP contribution is -2.27. The van der Waals surface area contributed by atoms with Crippen molar-refractivity contribution in [3.05, 3.63) is 12.2 Å². The van der Waals surface area contributed by atoms with Crippen LogP contribution >= 0.6 is 0 Å². The van der Waals surface area contributed by atoms with Crippen LogP contribution in [0.5, 0.6) is 0 Å². The molecule has 1 atom stereocenters. The van der Waals surface area contributed by atoms with Gasteiger partial charge in [0.05, 0.1) is 12.7 Å². The molecule has 2 N–H and O–H groups in total. The van der Waals surface area contributed by atoms with Crippen LogP contribution in [0.15, 0.2) is 12.2 Å². The maximum Gasteiger partial charge on any atom is 0.0624 e. The number of hydrogen-bond donors (Lipinski definition) is 1. The summed E-state index contributed by atoms with van der Waals surface area (Å²) in [5, 5.41) is 0. The Morgan fingerprint density at radius 3 is 2.45 bits per heavy atom. The van der Waals surface area contributed by atoms with Crippen LogP contribution in [-0.4, -0.2) is 18.8 Å². The predicted molar refractivity (Wildman–Crippen MR) is 48.5 cm³/mol. The molecule has 0 spiro atoms. The molecule has 0 aliphatic rings. The molecule has 0 amide bonds. The summed E-state index contributed by atoms with van der Waals surface area (Å²) in [6.07, 6.45) is 1.12. The molecule has 0 saturated heterocycles. The minimum absolute atomic E-state index is 0.106. The van der Waals surface area contributed by atoms with Gasteiger partial charge in [-0.3, -0.25) is 0 Å². The van der Waals surface area contributed by atoms with Crippen molar-refractivity contribution < 1.29 is 4.74 Å². The zero-order valence-electron chi connectivity index (χ0n) is 7.76. The zero-order chi connectivity index (χ0) is 8.85. The first kappa shape index (κ1) is 10.7. The molecule has 11 heavy (non-hydrogen) atoms. The highest BCUT2D eigenvalue weighted by Crippen LogP contribution is 2.00. The van der Waals surface area contributed by atoms with Crippen LogP contribution in [0.1, 0.15) is 27.2 Å². The van der Waals surface area contributed by atoms with Crippen molar-refractivity contribution in [2.75, 3.05) is 6.61 Å². The molecular weight excluding hydrogens is 138 g/mol. The van der Waals surface area contributed by atoms with Crippen molar-refractivity contribution in [1.29, 1.82) is 0 Å². The van der Waals surface area contributed by atoms with E-state index >= 15 is 0 Å². The quantitative estimate of drug-likeness (QED) is 0.616. The normalized spacial score (nSPS) is 13.5. The third-order valence-electron chi connectivity index (χ3n) is 1.25. The highest BCUT2D eigenvalue weighted by molar-refractivity contribution is 4.91. The maximum atomic E-state index is 5.74. The lowest BCUT2D eigenvalue weighted by molar-refractivity contribution is 0.0684. The highest BCUT2D eigenvalue weighted by atomic mass is 16.5. The summed E-state index contributed by atoms with van der Waals surface area (Å²) < 4.78 is 5.34. The van der Waals surface area contributed by atoms with Crippen LogP contribution in [0.3, 0.4) is 0 Å². The van der Waals surface area contributed by atoms with Gasteiger partial charge in [0.2, 0.25) is 0 Å². The molecule has 2 heteroatoms. The van der Waals surface area contributed by atoms with Gasteiger partial charge in [-0.2, -0.15) is 0 Å². The molecule has 0 rings (SSSR count). The second kappa shape index (κ2) is 5.33. The van der Waals surface area contributed by atoms with Gasteiger partial charge >= 0.3 is 0 Å². The van der Waals surface area contributed by atoms with Gasteiger partial charge in [0, 0.05) is 6.04 Å². The van der Waals surface area contributed by atoms with Gasteiger partial charge in [0.1, 0.15) is 0 Å². The maximum absolute atomic E-state index is 5.74. The van der Waals surface area contributed by atoms with Crippen LogP contribution in [0.4, 0.5) is 0 Å². The van der Waals surface area contributed by atoms with Crippen LogP contribution < -0.4 is 5.73 Å². The summed E-state index contributed by atoms with van der Waals surface area (Å²) in [7, 11) is 0. The molecule has 1 unspecified atom stereocenters. The summed E-state index contributed by atoms with van der Waals surface area (Å²) in [6.45, 7) is 10.4. The van der Waals surface area contributed by atoms with E-state index in [0.717, 1.165) is 12.0 Å². The summed E-state index contributed by atoms with van der Waals surface area (Å²) in [5.41, 5.74) is 6.85. The molecule has 0 aliphatic heterocycles. The van der Waals surface area contributed by atoms with E-state index in [1.165, 1.54) is 0 Å². The van der Waals surface area contributed by atoms with E-state index in [2.05, 4.69) is 6.58 Å². The van der Waals surface area contributed by atoms with Gasteiger partial charge in [0.25, 0.3) is 0 Å². The average molecular weight is 157 g/mol. The predicted octanol–water partition coefficient (Wildman–Crippen LogP) is 1.70. The lowest BCUT2D eigenvalue weighted by Gasteiger charge is -2.13. The first-order chi connectivity index (χ1) is 5.02. The molecule has 0 fully saturated rings. The van der Waals surface area contributed by atoms with Crippen molar-refractivity contribution in [2.45, 2.75) is 39.3 Å². The highest BCUT2D eigenvalue weighted by Gasteiger charge is 2.03. The first-order valence-corrected chi connectivity index (χ1v) is 4.04. The van der Waals surface area contributed by atoms with E-state index in [-0.39, 0.29) is 12.1 Å². The molecule has 0 saturated carbocycles. The summed E-state index contributed by atoms with van der Waals surface area (Å²) in [4.78, 5) is 0. The minimum atomic E-state index is 0.106. The number of ether oxygens (including phenoxy) is 1. The van der Waals surface area contributed by atoms with Crippen molar-refractivity contribution in [1.82, 2.24) is 0 Å². The Bertz CT molecular complexity index is 121. The molecule has 0 aromatic carbocycles. The van der Waals surface area contributed by atoms with Gasteiger partial charge < -0.3 is 10.5 Å². The third kappa shape index (κ3) is 7.56. The molecule has 2 nitrogen and oxygen atoms in total. The Morgan fingerprint density at radius 2 is 2.09 bits per heavy atom. The smallest absolute Gasteiger partial charge is 0.0624 e. The van der Waals surface area contributed by atoms with Crippen LogP contribution in [0.25, 0.3) is 0 Å². The van der Waals surface area contributed by atoms with E-state index in [1.807, 2.05) is 20.8 Å². The fourth-order valence-electron chi connectivity index (χ4n) is 0.823. The largest absolute Gasteiger partial charge is 0.377 e. The van der Waals surface area contributed by atoms with Gasteiger partial charge in [0.15, 0.2) is 0 Å².